The first-order valence-electron chi connectivity index (χ1n) is 7.16. The molecular weight excluding hydrogens is 244 g/mol. The van der Waals surface area contributed by atoms with Crippen LogP contribution in [0, 0.1) is 11.8 Å². The molecule has 1 rings (SSSR count). The van der Waals surface area contributed by atoms with Crippen LogP contribution < -0.4 is 5.32 Å². The summed E-state index contributed by atoms with van der Waals surface area (Å²) in [7, 11) is 0. The molecular formula is C14H26N2O3. The van der Waals surface area contributed by atoms with Crippen molar-refractivity contribution in [2.75, 3.05) is 19.6 Å². The Hall–Kier alpha value is -1.10. The van der Waals surface area contributed by atoms with Gasteiger partial charge in [-0.15, -0.1) is 0 Å². The zero-order chi connectivity index (χ0) is 14.4. The molecule has 1 aliphatic heterocycles. The molecule has 0 aromatic rings. The Morgan fingerprint density at radius 2 is 2.05 bits per heavy atom. The predicted octanol–water partition coefficient (Wildman–Crippen LogP) is 1.33. The minimum absolute atomic E-state index is 0.00619. The zero-order valence-electron chi connectivity index (χ0n) is 12.2. The molecule has 5 heteroatoms. The van der Waals surface area contributed by atoms with Crippen molar-refractivity contribution in [3.05, 3.63) is 0 Å². The van der Waals surface area contributed by atoms with E-state index >= 15 is 0 Å². The van der Waals surface area contributed by atoms with E-state index in [0.29, 0.717) is 25.4 Å². The minimum Gasteiger partial charge on any atom is -0.481 e. The number of carboxylic acids is 1. The number of hydrogen-bond donors (Lipinski definition) is 2. The van der Waals surface area contributed by atoms with Crippen LogP contribution in [0.4, 0.5) is 0 Å². The summed E-state index contributed by atoms with van der Waals surface area (Å²) in [6.45, 7) is 8.08. The number of rotatable bonds is 6. The van der Waals surface area contributed by atoms with Crippen molar-refractivity contribution in [3.8, 4) is 0 Å². The largest absolute Gasteiger partial charge is 0.481 e. The SMILES string of the molecule is CC(C)CCNC(=O)[C@@H](C)N1CCC[C@@H](C(=O)O)C1. The summed E-state index contributed by atoms with van der Waals surface area (Å²) in [5.41, 5.74) is 0. The molecule has 2 atom stereocenters. The number of likely N-dealkylation sites (tertiary alicyclic amines) is 1. The van der Waals surface area contributed by atoms with Crippen LogP contribution >= 0.6 is 0 Å². The van der Waals surface area contributed by atoms with Gasteiger partial charge in [0.15, 0.2) is 0 Å². The fourth-order valence-corrected chi connectivity index (χ4v) is 2.36. The van der Waals surface area contributed by atoms with E-state index in [1.165, 1.54) is 0 Å². The maximum absolute atomic E-state index is 12.0. The smallest absolute Gasteiger partial charge is 0.307 e. The third-order valence-electron chi connectivity index (χ3n) is 3.75. The van der Waals surface area contributed by atoms with Crippen LogP contribution in [0.2, 0.25) is 0 Å². The number of nitrogens with zero attached hydrogens (tertiary/aromatic N) is 1. The first-order chi connectivity index (χ1) is 8.91. The van der Waals surface area contributed by atoms with Crippen molar-refractivity contribution in [2.24, 2.45) is 11.8 Å². The lowest BCUT2D eigenvalue weighted by Gasteiger charge is -2.34. The molecule has 19 heavy (non-hydrogen) atoms. The molecule has 0 spiro atoms. The van der Waals surface area contributed by atoms with Gasteiger partial charge in [0, 0.05) is 13.1 Å². The average molecular weight is 270 g/mol. The first kappa shape index (κ1) is 16.0. The van der Waals surface area contributed by atoms with Gasteiger partial charge in [0.25, 0.3) is 0 Å². The monoisotopic (exact) mass is 270 g/mol. The van der Waals surface area contributed by atoms with Crippen LogP contribution in [-0.2, 0) is 9.59 Å². The molecule has 1 aliphatic rings. The summed E-state index contributed by atoms with van der Waals surface area (Å²) in [6.07, 6.45) is 2.53. The Labute approximate surface area is 115 Å². The maximum atomic E-state index is 12.0. The molecule has 0 aromatic carbocycles. The summed E-state index contributed by atoms with van der Waals surface area (Å²) in [6, 6.07) is -0.241. The molecule has 0 aliphatic carbocycles. The lowest BCUT2D eigenvalue weighted by Crippen LogP contribution is -2.50. The minimum atomic E-state index is -0.753. The second kappa shape index (κ2) is 7.48. The van der Waals surface area contributed by atoms with Crippen molar-refractivity contribution in [2.45, 2.75) is 46.1 Å². The van der Waals surface area contributed by atoms with Gasteiger partial charge < -0.3 is 10.4 Å². The number of carbonyl (C=O) groups is 2. The fraction of sp³-hybridized carbons (Fsp3) is 0.857. The molecule has 1 saturated heterocycles. The van der Waals surface area contributed by atoms with Crippen LogP contribution in [0.15, 0.2) is 0 Å². The molecule has 2 N–H and O–H groups in total. The van der Waals surface area contributed by atoms with E-state index in [1.54, 1.807) is 0 Å². The molecule has 0 radical (unpaired) electrons. The Kier molecular flexibility index (Phi) is 6.28. The number of carbonyl (C=O) groups excluding carboxylic acids is 1. The topological polar surface area (TPSA) is 69.6 Å². The van der Waals surface area contributed by atoms with Crippen molar-refractivity contribution in [1.29, 1.82) is 0 Å². The first-order valence-corrected chi connectivity index (χ1v) is 7.16. The van der Waals surface area contributed by atoms with Gasteiger partial charge in [0.2, 0.25) is 5.91 Å². The van der Waals surface area contributed by atoms with Crippen molar-refractivity contribution in [3.63, 3.8) is 0 Å². The van der Waals surface area contributed by atoms with Gasteiger partial charge in [-0.05, 0) is 38.6 Å². The second-order valence-electron chi connectivity index (χ2n) is 5.82. The van der Waals surface area contributed by atoms with Crippen molar-refractivity contribution in [1.82, 2.24) is 10.2 Å². The molecule has 0 saturated carbocycles. The van der Waals surface area contributed by atoms with Crippen LogP contribution in [0.25, 0.3) is 0 Å². The molecule has 0 unspecified atom stereocenters. The third-order valence-corrected chi connectivity index (χ3v) is 3.75. The van der Waals surface area contributed by atoms with Gasteiger partial charge >= 0.3 is 5.97 Å². The molecule has 5 nitrogen and oxygen atoms in total. The molecule has 1 amide bonds. The summed E-state index contributed by atoms with van der Waals surface area (Å²) in [4.78, 5) is 25.0. The lowest BCUT2D eigenvalue weighted by molar-refractivity contribution is -0.145. The van der Waals surface area contributed by atoms with E-state index in [2.05, 4.69) is 19.2 Å². The van der Waals surface area contributed by atoms with E-state index in [-0.39, 0.29) is 17.9 Å². The van der Waals surface area contributed by atoms with Gasteiger partial charge in [-0.25, -0.2) is 0 Å². The van der Waals surface area contributed by atoms with Gasteiger partial charge in [-0.2, -0.15) is 0 Å². The van der Waals surface area contributed by atoms with Crippen LogP contribution in [-0.4, -0.2) is 47.6 Å². The predicted molar refractivity (Wildman–Crippen MR) is 73.9 cm³/mol. The normalized spacial score (nSPS) is 22.2. The van der Waals surface area contributed by atoms with Gasteiger partial charge in [0.1, 0.15) is 0 Å². The molecule has 0 bridgehead atoms. The Balaban J connectivity index is 2.40. The number of hydrogen-bond acceptors (Lipinski definition) is 3. The molecule has 1 fully saturated rings. The number of nitrogens with one attached hydrogen (secondary N) is 1. The summed E-state index contributed by atoms with van der Waals surface area (Å²) in [5.74, 6) is -0.509. The highest BCUT2D eigenvalue weighted by Crippen LogP contribution is 2.18. The highest BCUT2D eigenvalue weighted by molar-refractivity contribution is 5.81. The van der Waals surface area contributed by atoms with E-state index in [0.717, 1.165) is 19.4 Å². The van der Waals surface area contributed by atoms with Crippen LogP contribution in [0.1, 0.15) is 40.0 Å². The highest BCUT2D eigenvalue weighted by atomic mass is 16.4. The van der Waals surface area contributed by atoms with Gasteiger partial charge in [-0.1, -0.05) is 13.8 Å². The summed E-state index contributed by atoms with van der Waals surface area (Å²) < 4.78 is 0. The quantitative estimate of drug-likeness (QED) is 0.764. The molecule has 0 aromatic heterocycles. The maximum Gasteiger partial charge on any atom is 0.307 e. The van der Waals surface area contributed by atoms with Gasteiger partial charge in [-0.3, -0.25) is 14.5 Å². The Morgan fingerprint density at radius 1 is 1.37 bits per heavy atom. The average Bonchev–Trinajstić information content (AvgIpc) is 2.37. The number of amides is 1. The molecule has 1 heterocycles. The number of piperidine rings is 1. The third kappa shape index (κ3) is 5.19. The number of carboxylic acid groups (broad SMARTS) is 1. The Morgan fingerprint density at radius 3 is 2.63 bits per heavy atom. The number of aliphatic carboxylic acids is 1. The Bertz CT molecular complexity index is 318. The molecule has 110 valence electrons. The summed E-state index contributed by atoms with van der Waals surface area (Å²) >= 11 is 0. The fourth-order valence-electron chi connectivity index (χ4n) is 2.36. The highest BCUT2D eigenvalue weighted by Gasteiger charge is 2.30. The van der Waals surface area contributed by atoms with E-state index in [9.17, 15) is 9.59 Å². The van der Waals surface area contributed by atoms with E-state index in [1.807, 2.05) is 11.8 Å². The van der Waals surface area contributed by atoms with Crippen molar-refractivity contribution >= 4 is 11.9 Å². The van der Waals surface area contributed by atoms with E-state index < -0.39 is 5.97 Å². The lowest BCUT2D eigenvalue weighted by atomic mass is 9.97. The second-order valence-corrected chi connectivity index (χ2v) is 5.82. The zero-order valence-corrected chi connectivity index (χ0v) is 12.2. The van der Waals surface area contributed by atoms with Crippen LogP contribution in [0.3, 0.4) is 0 Å². The standard InChI is InChI=1S/C14H26N2O3/c1-10(2)6-7-15-13(17)11(3)16-8-4-5-12(9-16)14(18)19/h10-12H,4-9H2,1-3H3,(H,15,17)(H,18,19)/t11-,12-/m1/s1. The van der Waals surface area contributed by atoms with E-state index in [4.69, 9.17) is 5.11 Å². The van der Waals surface area contributed by atoms with Crippen molar-refractivity contribution < 1.29 is 14.7 Å². The van der Waals surface area contributed by atoms with Crippen LogP contribution in [0.5, 0.6) is 0 Å². The summed E-state index contributed by atoms with van der Waals surface area (Å²) in [5, 5.41) is 12.0. The van der Waals surface area contributed by atoms with Gasteiger partial charge in [0.05, 0.1) is 12.0 Å².